The molecule has 3 aromatic rings. The zero-order valence-corrected chi connectivity index (χ0v) is 14.7. The number of hydrogen-bond acceptors (Lipinski definition) is 2. The van der Waals surface area contributed by atoms with Crippen LogP contribution in [0.5, 0.6) is 5.75 Å². The van der Waals surface area contributed by atoms with Crippen molar-refractivity contribution in [1.82, 2.24) is 0 Å². The minimum atomic E-state index is -0.906. The van der Waals surface area contributed by atoms with Crippen LogP contribution >= 0.6 is 11.3 Å². The van der Waals surface area contributed by atoms with Gasteiger partial charge in [-0.3, -0.25) is 0 Å². The number of ether oxygens (including phenoxy) is 1. The van der Waals surface area contributed by atoms with E-state index in [0.29, 0.717) is 18.1 Å². The van der Waals surface area contributed by atoms with Crippen LogP contribution in [-0.2, 0) is 0 Å². The second-order valence-electron chi connectivity index (χ2n) is 6.48. The van der Waals surface area contributed by atoms with Crippen LogP contribution in [0.3, 0.4) is 0 Å². The van der Waals surface area contributed by atoms with Gasteiger partial charge in [0.05, 0.1) is 6.61 Å². The van der Waals surface area contributed by atoms with Crippen molar-refractivity contribution in [2.45, 2.75) is 19.8 Å². The molecule has 0 spiro atoms. The monoisotopic (exact) mass is 356 g/mol. The minimum Gasteiger partial charge on any atom is -0.490 e. The summed E-state index contributed by atoms with van der Waals surface area (Å²) in [7, 11) is 0. The van der Waals surface area contributed by atoms with Crippen molar-refractivity contribution >= 4 is 11.3 Å². The zero-order chi connectivity index (χ0) is 17.4. The lowest BCUT2D eigenvalue weighted by Crippen LogP contribution is -2.02. The first-order chi connectivity index (χ1) is 12.1. The van der Waals surface area contributed by atoms with E-state index in [0.717, 1.165) is 18.4 Å². The van der Waals surface area contributed by atoms with Crippen LogP contribution in [-0.4, -0.2) is 6.61 Å². The predicted octanol–water partition coefficient (Wildman–Crippen LogP) is 6.46. The molecule has 0 atom stereocenters. The van der Waals surface area contributed by atoms with E-state index in [1.807, 2.05) is 24.3 Å². The molecular weight excluding hydrogens is 338 g/mol. The molecule has 0 saturated heterocycles. The van der Waals surface area contributed by atoms with Crippen LogP contribution in [0, 0.1) is 24.5 Å². The maximum absolute atomic E-state index is 14.5. The topological polar surface area (TPSA) is 9.23 Å². The van der Waals surface area contributed by atoms with Gasteiger partial charge >= 0.3 is 0 Å². The van der Waals surface area contributed by atoms with Crippen molar-refractivity contribution in [3.05, 3.63) is 65.0 Å². The van der Waals surface area contributed by atoms with Crippen molar-refractivity contribution in [3.8, 4) is 27.3 Å². The lowest BCUT2D eigenvalue weighted by Gasteiger charge is -2.10. The van der Waals surface area contributed by atoms with Gasteiger partial charge in [0.1, 0.15) is 0 Å². The third-order valence-electron chi connectivity index (χ3n) is 4.44. The van der Waals surface area contributed by atoms with E-state index in [4.69, 9.17) is 4.74 Å². The summed E-state index contributed by atoms with van der Waals surface area (Å²) in [6, 6.07) is 14.8. The van der Waals surface area contributed by atoms with E-state index < -0.39 is 11.6 Å². The molecule has 1 heterocycles. The molecule has 4 rings (SSSR count). The maximum Gasteiger partial charge on any atom is 0.201 e. The largest absolute Gasteiger partial charge is 0.490 e. The van der Waals surface area contributed by atoms with Gasteiger partial charge in [-0.05, 0) is 61.1 Å². The van der Waals surface area contributed by atoms with Crippen molar-refractivity contribution in [2.24, 2.45) is 5.92 Å². The number of thiophene rings is 1. The van der Waals surface area contributed by atoms with Crippen molar-refractivity contribution < 1.29 is 13.5 Å². The Morgan fingerprint density at radius 3 is 2.28 bits per heavy atom. The van der Waals surface area contributed by atoms with Gasteiger partial charge in [-0.15, -0.1) is 11.3 Å². The number of rotatable bonds is 5. The lowest BCUT2D eigenvalue weighted by atomic mass is 10.0. The fourth-order valence-electron chi connectivity index (χ4n) is 2.76. The molecule has 0 bridgehead atoms. The van der Waals surface area contributed by atoms with E-state index in [2.05, 4.69) is 19.1 Å². The fourth-order valence-corrected chi connectivity index (χ4v) is 3.64. The molecule has 25 heavy (non-hydrogen) atoms. The summed E-state index contributed by atoms with van der Waals surface area (Å²) in [5.74, 6) is -1.27. The summed E-state index contributed by atoms with van der Waals surface area (Å²) in [5, 5.41) is 0. The predicted molar refractivity (Wildman–Crippen MR) is 98.1 cm³/mol. The van der Waals surface area contributed by atoms with Gasteiger partial charge in [0.2, 0.25) is 5.82 Å². The maximum atomic E-state index is 14.5. The van der Waals surface area contributed by atoms with Gasteiger partial charge in [0.15, 0.2) is 11.6 Å². The number of halogens is 2. The van der Waals surface area contributed by atoms with Crippen molar-refractivity contribution in [1.29, 1.82) is 0 Å². The van der Waals surface area contributed by atoms with Gasteiger partial charge in [0, 0.05) is 15.3 Å². The Hall–Kier alpha value is -2.20. The van der Waals surface area contributed by atoms with Crippen LogP contribution in [0.2, 0.25) is 0 Å². The van der Waals surface area contributed by atoms with Crippen LogP contribution in [0.25, 0.3) is 21.6 Å². The third kappa shape index (κ3) is 3.45. The molecule has 2 aromatic carbocycles. The molecule has 0 N–H and O–H groups in total. The Labute approximate surface area is 149 Å². The summed E-state index contributed by atoms with van der Waals surface area (Å²) in [4.78, 5) is 2.41. The molecule has 1 aromatic heterocycles. The lowest BCUT2D eigenvalue weighted by molar-refractivity contribution is 0.280. The quantitative estimate of drug-likeness (QED) is 0.510. The average Bonchev–Trinajstić information content (AvgIpc) is 3.35. The summed E-state index contributed by atoms with van der Waals surface area (Å²) in [6.07, 6.45) is 2.22. The minimum absolute atomic E-state index is 0.00108. The molecule has 0 aliphatic heterocycles. The Balaban J connectivity index is 1.59. The molecule has 4 heteroatoms. The van der Waals surface area contributed by atoms with E-state index >= 15 is 0 Å². The summed E-state index contributed by atoms with van der Waals surface area (Å²) >= 11 is 1.71. The fraction of sp³-hybridized carbons (Fsp3) is 0.238. The van der Waals surface area contributed by atoms with Gasteiger partial charge in [-0.25, -0.2) is 4.39 Å². The van der Waals surface area contributed by atoms with Crippen molar-refractivity contribution in [2.75, 3.05) is 6.61 Å². The second kappa shape index (κ2) is 6.60. The Morgan fingerprint density at radius 2 is 1.64 bits per heavy atom. The van der Waals surface area contributed by atoms with Gasteiger partial charge in [-0.1, -0.05) is 24.3 Å². The van der Waals surface area contributed by atoms with E-state index in [1.165, 1.54) is 15.8 Å². The van der Waals surface area contributed by atoms with Crippen LogP contribution in [0.15, 0.2) is 48.5 Å². The second-order valence-corrected chi connectivity index (χ2v) is 7.77. The molecule has 1 aliphatic rings. The first-order valence-electron chi connectivity index (χ1n) is 8.40. The highest BCUT2D eigenvalue weighted by atomic mass is 32.1. The zero-order valence-electron chi connectivity index (χ0n) is 13.9. The van der Waals surface area contributed by atoms with Crippen molar-refractivity contribution in [3.63, 3.8) is 0 Å². The number of benzene rings is 2. The molecule has 0 radical (unpaired) electrons. The van der Waals surface area contributed by atoms with E-state index in [9.17, 15) is 8.78 Å². The molecular formula is C21H18F2OS. The highest BCUT2D eigenvalue weighted by Crippen LogP contribution is 2.34. The van der Waals surface area contributed by atoms with Gasteiger partial charge in [0.25, 0.3) is 0 Å². The Morgan fingerprint density at radius 1 is 0.920 bits per heavy atom. The third-order valence-corrected chi connectivity index (χ3v) is 5.49. The number of hydrogen-bond donors (Lipinski definition) is 0. The summed E-state index contributed by atoms with van der Waals surface area (Å²) in [6.45, 7) is 2.53. The number of aryl methyl sites for hydroxylation is 1. The Bertz CT molecular complexity index is 895. The standard InChI is InChI=1S/C21H18F2OS/c1-13-2-11-19(25-13)16-7-5-15(6-8-16)17-9-10-18(21(23)20(17)22)24-12-14-3-4-14/h2,5-11,14H,3-4,12H2,1H3. The molecule has 1 nitrogen and oxygen atoms in total. The van der Waals surface area contributed by atoms with Gasteiger partial charge in [-0.2, -0.15) is 4.39 Å². The van der Waals surface area contributed by atoms with Crippen LogP contribution < -0.4 is 4.74 Å². The molecule has 1 fully saturated rings. The van der Waals surface area contributed by atoms with Crippen LogP contribution in [0.4, 0.5) is 8.78 Å². The first kappa shape index (κ1) is 16.3. The summed E-state index contributed by atoms with van der Waals surface area (Å²) < 4.78 is 34.1. The molecule has 0 amide bonds. The Kier molecular flexibility index (Phi) is 4.30. The SMILES string of the molecule is Cc1ccc(-c2ccc(-c3ccc(OCC4CC4)c(F)c3F)cc2)s1. The van der Waals surface area contributed by atoms with E-state index in [1.54, 1.807) is 17.4 Å². The highest BCUT2D eigenvalue weighted by Gasteiger charge is 2.23. The van der Waals surface area contributed by atoms with E-state index in [-0.39, 0.29) is 11.3 Å². The van der Waals surface area contributed by atoms with Gasteiger partial charge < -0.3 is 4.74 Å². The molecule has 0 unspecified atom stereocenters. The molecule has 1 saturated carbocycles. The summed E-state index contributed by atoms with van der Waals surface area (Å²) in [5.41, 5.74) is 1.99. The normalized spacial score (nSPS) is 13.9. The highest BCUT2D eigenvalue weighted by molar-refractivity contribution is 7.15. The van der Waals surface area contributed by atoms with Crippen LogP contribution in [0.1, 0.15) is 17.7 Å². The first-order valence-corrected chi connectivity index (χ1v) is 9.21. The molecule has 1 aliphatic carbocycles. The molecule has 128 valence electrons. The average molecular weight is 356 g/mol. The smallest absolute Gasteiger partial charge is 0.201 e.